The van der Waals surface area contributed by atoms with Crippen LogP contribution in [0.4, 0.5) is 0 Å². The van der Waals surface area contributed by atoms with Gasteiger partial charge in [-0.1, -0.05) is 79.8 Å². The largest absolute Gasteiger partial charge is 0.463 e. The Hall–Kier alpha value is -3.24. The lowest BCUT2D eigenvalue weighted by atomic mass is 9.91. The van der Waals surface area contributed by atoms with Gasteiger partial charge in [0.05, 0.1) is 28.5 Å². The molecule has 3 heterocycles. The van der Waals surface area contributed by atoms with Gasteiger partial charge in [0.15, 0.2) is 8.57 Å². The lowest BCUT2D eigenvalue weighted by Crippen LogP contribution is -2.40. The Morgan fingerprint density at radius 2 is 1.86 bits per heavy atom. The maximum Gasteiger partial charge on any atom is 0.338 e. The van der Waals surface area contributed by atoms with Crippen molar-refractivity contribution < 1.29 is 13.9 Å². The van der Waals surface area contributed by atoms with Crippen molar-refractivity contribution in [2.45, 2.75) is 32.7 Å². The third-order valence-corrected chi connectivity index (χ3v) is 7.72. The number of nitrogens with zero attached hydrogens (tertiary/aromatic N) is 2. The van der Waals surface area contributed by atoms with Crippen molar-refractivity contribution in [3.8, 4) is 0 Å². The van der Waals surface area contributed by atoms with Crippen LogP contribution in [0, 0.1) is 3.77 Å². The van der Waals surface area contributed by atoms with E-state index in [-0.39, 0.29) is 12.2 Å². The standard InChI is InChI=1S/C29H25IN2O4S/c1-4-35-28(34)24-25(19-8-6-5-7-9-19)31-29-32(26(24)20-12-10-18(11-13-20)17(2)3)27(33)22(37-29)16-21-14-15-23(30)36-21/h5-17,26H,4H2,1-3H3/b22-16-/t26-/m1/s1. The van der Waals surface area contributed by atoms with E-state index in [9.17, 15) is 9.59 Å². The molecule has 0 saturated heterocycles. The van der Waals surface area contributed by atoms with Gasteiger partial charge >= 0.3 is 5.97 Å². The van der Waals surface area contributed by atoms with E-state index in [2.05, 4.69) is 36.4 Å². The highest BCUT2D eigenvalue weighted by Crippen LogP contribution is 2.35. The first-order valence-corrected chi connectivity index (χ1v) is 13.9. The van der Waals surface area contributed by atoms with E-state index in [1.807, 2.05) is 66.7 Å². The highest BCUT2D eigenvalue weighted by Gasteiger charge is 2.35. The zero-order valence-electron chi connectivity index (χ0n) is 20.6. The molecule has 0 saturated carbocycles. The predicted molar refractivity (Wildman–Crippen MR) is 153 cm³/mol. The average Bonchev–Trinajstić information content (AvgIpc) is 3.45. The number of halogens is 1. The Balaban J connectivity index is 1.81. The third-order valence-electron chi connectivity index (χ3n) is 6.16. The van der Waals surface area contributed by atoms with Gasteiger partial charge in [0.25, 0.3) is 5.56 Å². The molecule has 1 aliphatic heterocycles. The van der Waals surface area contributed by atoms with E-state index in [1.54, 1.807) is 17.6 Å². The van der Waals surface area contributed by atoms with Crippen LogP contribution in [-0.4, -0.2) is 17.1 Å². The molecule has 0 aliphatic carbocycles. The van der Waals surface area contributed by atoms with Gasteiger partial charge in [-0.15, -0.1) is 0 Å². The SMILES string of the molecule is CCOC(=O)C1=C(c2ccccc2)N=c2s/c(=C\c3ccc(I)o3)c(=O)n2[C@@H]1c1ccc(C(C)C)cc1. The second kappa shape index (κ2) is 10.6. The summed E-state index contributed by atoms with van der Waals surface area (Å²) in [5.41, 5.74) is 3.40. The van der Waals surface area contributed by atoms with Crippen LogP contribution in [0.2, 0.25) is 0 Å². The molecule has 0 radical (unpaired) electrons. The minimum absolute atomic E-state index is 0.213. The summed E-state index contributed by atoms with van der Waals surface area (Å²) in [7, 11) is 0. The second-order valence-electron chi connectivity index (χ2n) is 8.89. The van der Waals surface area contributed by atoms with Gasteiger partial charge in [0.2, 0.25) is 0 Å². The highest BCUT2D eigenvalue weighted by molar-refractivity contribution is 14.1. The number of hydrogen-bond donors (Lipinski definition) is 0. The quantitative estimate of drug-likeness (QED) is 0.217. The minimum atomic E-state index is -0.689. The first-order chi connectivity index (χ1) is 17.9. The van der Waals surface area contributed by atoms with Crippen LogP contribution in [-0.2, 0) is 9.53 Å². The van der Waals surface area contributed by atoms with Crippen molar-refractivity contribution >= 4 is 51.7 Å². The number of carbonyl (C=O) groups excluding carboxylic acids is 1. The lowest BCUT2D eigenvalue weighted by molar-refractivity contribution is -0.138. The number of furan rings is 1. The van der Waals surface area contributed by atoms with Crippen LogP contribution in [0.25, 0.3) is 11.8 Å². The second-order valence-corrected chi connectivity index (χ2v) is 11.0. The summed E-state index contributed by atoms with van der Waals surface area (Å²) in [6, 6.07) is 20.6. The van der Waals surface area contributed by atoms with Crippen molar-refractivity contribution in [3.05, 3.63) is 118 Å². The van der Waals surface area contributed by atoms with Gasteiger partial charge in [0.1, 0.15) is 5.76 Å². The molecule has 4 aromatic rings. The minimum Gasteiger partial charge on any atom is -0.463 e. The van der Waals surface area contributed by atoms with Crippen LogP contribution in [0.3, 0.4) is 0 Å². The maximum atomic E-state index is 13.8. The van der Waals surface area contributed by atoms with Crippen LogP contribution in [0.15, 0.2) is 86.5 Å². The smallest absolute Gasteiger partial charge is 0.338 e. The van der Waals surface area contributed by atoms with Crippen molar-refractivity contribution in [2.75, 3.05) is 6.61 Å². The topological polar surface area (TPSA) is 73.8 Å². The molecule has 8 heteroatoms. The summed E-state index contributed by atoms with van der Waals surface area (Å²) < 4.78 is 14.0. The molecule has 2 aromatic heterocycles. The predicted octanol–water partition coefficient (Wildman–Crippen LogP) is 5.26. The van der Waals surface area contributed by atoms with Crippen molar-refractivity contribution in [1.29, 1.82) is 0 Å². The summed E-state index contributed by atoms with van der Waals surface area (Å²) >= 11 is 3.37. The Labute approximate surface area is 231 Å². The van der Waals surface area contributed by atoms with Crippen LogP contribution in [0.5, 0.6) is 0 Å². The zero-order valence-corrected chi connectivity index (χ0v) is 23.6. The van der Waals surface area contributed by atoms with Crippen LogP contribution < -0.4 is 14.9 Å². The monoisotopic (exact) mass is 624 g/mol. The van der Waals surface area contributed by atoms with Gasteiger partial charge in [-0.25, -0.2) is 9.79 Å². The Bertz CT molecular complexity index is 1660. The van der Waals surface area contributed by atoms with Crippen LogP contribution >= 0.6 is 33.9 Å². The number of rotatable bonds is 6. The van der Waals surface area contributed by atoms with Gasteiger partial charge in [-0.05, 0) is 58.7 Å². The van der Waals surface area contributed by atoms with E-state index < -0.39 is 12.0 Å². The fraction of sp³-hybridized carbons (Fsp3) is 0.207. The fourth-order valence-corrected chi connectivity index (χ4v) is 5.77. The number of benzene rings is 2. The Kier molecular flexibility index (Phi) is 7.30. The molecule has 0 amide bonds. The molecule has 0 spiro atoms. The molecular weight excluding hydrogens is 599 g/mol. The molecule has 0 fully saturated rings. The van der Waals surface area contributed by atoms with E-state index in [4.69, 9.17) is 14.1 Å². The Morgan fingerprint density at radius 3 is 2.49 bits per heavy atom. The average molecular weight is 625 g/mol. The number of ether oxygens (including phenoxy) is 1. The van der Waals surface area contributed by atoms with E-state index in [1.165, 1.54) is 16.9 Å². The molecule has 5 rings (SSSR count). The molecule has 1 aliphatic rings. The molecule has 1 atom stereocenters. The van der Waals surface area contributed by atoms with Crippen LogP contribution in [0.1, 0.15) is 55.2 Å². The molecule has 0 N–H and O–H groups in total. The third kappa shape index (κ3) is 5.00. The molecule has 188 valence electrons. The first-order valence-electron chi connectivity index (χ1n) is 12.0. The van der Waals surface area contributed by atoms with Gasteiger partial charge in [-0.3, -0.25) is 9.36 Å². The number of carbonyl (C=O) groups is 1. The Morgan fingerprint density at radius 1 is 1.14 bits per heavy atom. The highest BCUT2D eigenvalue weighted by atomic mass is 127. The van der Waals surface area contributed by atoms with E-state index in [0.717, 1.165) is 14.9 Å². The van der Waals surface area contributed by atoms with Gasteiger partial charge < -0.3 is 9.15 Å². The summed E-state index contributed by atoms with van der Waals surface area (Å²) in [6.07, 6.45) is 1.72. The zero-order chi connectivity index (χ0) is 26.1. The molecule has 0 bridgehead atoms. The molecule has 0 unspecified atom stereocenters. The van der Waals surface area contributed by atoms with Crippen molar-refractivity contribution in [2.24, 2.45) is 4.99 Å². The normalized spacial score (nSPS) is 15.6. The number of thiazole rings is 1. The van der Waals surface area contributed by atoms with Crippen molar-refractivity contribution in [3.63, 3.8) is 0 Å². The van der Waals surface area contributed by atoms with Crippen molar-refractivity contribution in [1.82, 2.24) is 4.57 Å². The van der Waals surface area contributed by atoms with E-state index >= 15 is 0 Å². The molecular formula is C29H25IN2O4S. The van der Waals surface area contributed by atoms with E-state index in [0.29, 0.717) is 32.3 Å². The number of fused-ring (bicyclic) bond motifs is 1. The lowest BCUT2D eigenvalue weighted by Gasteiger charge is -2.26. The molecule has 2 aromatic carbocycles. The summed E-state index contributed by atoms with van der Waals surface area (Å²) in [5.74, 6) is 0.449. The summed E-state index contributed by atoms with van der Waals surface area (Å²) in [4.78, 5) is 32.7. The summed E-state index contributed by atoms with van der Waals surface area (Å²) in [5, 5.41) is 0. The number of esters is 1. The summed E-state index contributed by atoms with van der Waals surface area (Å²) in [6.45, 7) is 6.24. The first kappa shape index (κ1) is 25.4. The maximum absolute atomic E-state index is 13.8. The van der Waals surface area contributed by atoms with Gasteiger partial charge in [0, 0.05) is 11.6 Å². The number of aromatic nitrogens is 1. The fourth-order valence-electron chi connectivity index (χ4n) is 4.35. The number of hydrogen-bond acceptors (Lipinski definition) is 6. The molecule has 37 heavy (non-hydrogen) atoms. The van der Waals surface area contributed by atoms with Gasteiger partial charge in [-0.2, -0.15) is 0 Å². The molecule has 6 nitrogen and oxygen atoms in total.